The van der Waals surface area contributed by atoms with Crippen LogP contribution in [0.5, 0.6) is 0 Å². The molecule has 3 nitrogen and oxygen atoms in total. The van der Waals surface area contributed by atoms with Gasteiger partial charge >= 0.3 is 0 Å². The lowest BCUT2D eigenvalue weighted by Crippen LogP contribution is -2.37. The summed E-state index contributed by atoms with van der Waals surface area (Å²) in [5.74, 6) is 2.03. The Hall–Kier alpha value is -0.800. The SMILES string of the molecule is CCN1CCC[C@@H]1CNCc1ccc(C)o1. The predicted octanol–water partition coefficient (Wildman–Crippen LogP) is 2.16. The number of nitrogens with one attached hydrogen (secondary N) is 1. The molecule has 2 rings (SSSR count). The molecule has 1 atom stereocenters. The lowest BCUT2D eigenvalue weighted by Gasteiger charge is -2.22. The van der Waals surface area contributed by atoms with Gasteiger partial charge in [0.2, 0.25) is 0 Å². The minimum atomic E-state index is 0.723. The first-order chi connectivity index (χ1) is 7.79. The van der Waals surface area contributed by atoms with Crippen molar-refractivity contribution in [2.45, 2.75) is 39.3 Å². The van der Waals surface area contributed by atoms with Gasteiger partial charge in [0.05, 0.1) is 6.54 Å². The Morgan fingerprint density at radius 1 is 1.50 bits per heavy atom. The number of furan rings is 1. The van der Waals surface area contributed by atoms with Gasteiger partial charge in [-0.1, -0.05) is 6.92 Å². The predicted molar refractivity (Wildman–Crippen MR) is 65.4 cm³/mol. The lowest BCUT2D eigenvalue weighted by molar-refractivity contribution is 0.258. The summed E-state index contributed by atoms with van der Waals surface area (Å²) in [5.41, 5.74) is 0. The average molecular weight is 222 g/mol. The third-order valence-corrected chi connectivity index (χ3v) is 3.38. The largest absolute Gasteiger partial charge is 0.465 e. The fraction of sp³-hybridized carbons (Fsp3) is 0.692. The van der Waals surface area contributed by atoms with Crippen molar-refractivity contribution in [2.75, 3.05) is 19.6 Å². The first kappa shape index (κ1) is 11.7. The number of likely N-dealkylation sites (tertiary alicyclic amines) is 1. The molecule has 90 valence electrons. The monoisotopic (exact) mass is 222 g/mol. The number of hydrogen-bond acceptors (Lipinski definition) is 3. The second-order valence-corrected chi connectivity index (χ2v) is 4.57. The van der Waals surface area contributed by atoms with E-state index in [0.29, 0.717) is 0 Å². The summed E-state index contributed by atoms with van der Waals surface area (Å²) in [6, 6.07) is 4.79. The minimum absolute atomic E-state index is 0.723. The van der Waals surface area contributed by atoms with Gasteiger partial charge in [-0.2, -0.15) is 0 Å². The first-order valence-electron chi connectivity index (χ1n) is 6.29. The van der Waals surface area contributed by atoms with Crippen LogP contribution in [0, 0.1) is 6.92 Å². The average Bonchev–Trinajstić information content (AvgIpc) is 2.87. The van der Waals surface area contributed by atoms with Crippen LogP contribution in [0.25, 0.3) is 0 Å². The van der Waals surface area contributed by atoms with E-state index in [1.165, 1.54) is 25.9 Å². The summed E-state index contributed by atoms with van der Waals surface area (Å²) >= 11 is 0. The van der Waals surface area contributed by atoms with E-state index >= 15 is 0 Å². The highest BCUT2D eigenvalue weighted by molar-refractivity contribution is 5.05. The zero-order chi connectivity index (χ0) is 11.4. The zero-order valence-corrected chi connectivity index (χ0v) is 10.3. The molecule has 1 saturated heterocycles. The van der Waals surface area contributed by atoms with Crippen LogP contribution in [0.3, 0.4) is 0 Å². The molecule has 1 fully saturated rings. The Morgan fingerprint density at radius 2 is 2.38 bits per heavy atom. The molecule has 0 spiro atoms. The van der Waals surface area contributed by atoms with Crippen LogP contribution in [0.4, 0.5) is 0 Å². The Kier molecular flexibility index (Phi) is 4.02. The van der Waals surface area contributed by atoms with Crippen molar-refractivity contribution in [3.8, 4) is 0 Å². The molecule has 1 aliphatic heterocycles. The van der Waals surface area contributed by atoms with E-state index in [0.717, 1.165) is 30.7 Å². The molecule has 2 heterocycles. The summed E-state index contributed by atoms with van der Waals surface area (Å²) in [7, 11) is 0. The van der Waals surface area contributed by atoms with Gasteiger partial charge < -0.3 is 9.73 Å². The maximum Gasteiger partial charge on any atom is 0.117 e. The number of aryl methyl sites for hydroxylation is 1. The van der Waals surface area contributed by atoms with Crippen LogP contribution >= 0.6 is 0 Å². The molecule has 16 heavy (non-hydrogen) atoms. The summed E-state index contributed by atoms with van der Waals surface area (Å²) in [4.78, 5) is 2.56. The van der Waals surface area contributed by atoms with Crippen molar-refractivity contribution in [3.63, 3.8) is 0 Å². The highest BCUT2D eigenvalue weighted by atomic mass is 16.3. The molecule has 1 aromatic rings. The highest BCUT2D eigenvalue weighted by Gasteiger charge is 2.22. The van der Waals surface area contributed by atoms with Crippen LogP contribution in [-0.4, -0.2) is 30.6 Å². The molecule has 0 unspecified atom stereocenters. The van der Waals surface area contributed by atoms with Crippen molar-refractivity contribution >= 4 is 0 Å². The summed E-state index contributed by atoms with van der Waals surface area (Å²) < 4.78 is 5.53. The summed E-state index contributed by atoms with van der Waals surface area (Å²) in [6.45, 7) is 8.60. The van der Waals surface area contributed by atoms with E-state index in [9.17, 15) is 0 Å². The minimum Gasteiger partial charge on any atom is -0.465 e. The Labute approximate surface area is 97.8 Å². The van der Waals surface area contributed by atoms with Crippen LogP contribution in [0.2, 0.25) is 0 Å². The third kappa shape index (κ3) is 2.86. The van der Waals surface area contributed by atoms with Crippen molar-refractivity contribution in [3.05, 3.63) is 23.7 Å². The lowest BCUT2D eigenvalue weighted by atomic mass is 10.2. The van der Waals surface area contributed by atoms with E-state index in [1.54, 1.807) is 0 Å². The molecule has 0 saturated carbocycles. The smallest absolute Gasteiger partial charge is 0.117 e. The maximum absolute atomic E-state index is 5.53. The Morgan fingerprint density at radius 3 is 3.06 bits per heavy atom. The molecule has 1 aliphatic rings. The molecular formula is C13H22N2O. The number of nitrogens with zero attached hydrogens (tertiary/aromatic N) is 1. The van der Waals surface area contributed by atoms with Crippen molar-refractivity contribution in [2.24, 2.45) is 0 Å². The number of hydrogen-bond donors (Lipinski definition) is 1. The number of rotatable bonds is 5. The molecule has 0 radical (unpaired) electrons. The van der Waals surface area contributed by atoms with Gasteiger partial charge in [-0.15, -0.1) is 0 Å². The summed E-state index contributed by atoms with van der Waals surface area (Å²) in [6.07, 6.45) is 2.68. The molecule has 0 bridgehead atoms. The van der Waals surface area contributed by atoms with Gasteiger partial charge in [-0.05, 0) is 45.0 Å². The molecular weight excluding hydrogens is 200 g/mol. The topological polar surface area (TPSA) is 28.4 Å². The van der Waals surface area contributed by atoms with Gasteiger partial charge in [-0.3, -0.25) is 4.90 Å². The van der Waals surface area contributed by atoms with Gasteiger partial charge in [0.15, 0.2) is 0 Å². The molecule has 0 aromatic carbocycles. The van der Waals surface area contributed by atoms with E-state index in [1.807, 2.05) is 13.0 Å². The third-order valence-electron chi connectivity index (χ3n) is 3.38. The fourth-order valence-corrected chi connectivity index (χ4v) is 2.48. The Bertz CT molecular complexity index is 321. The normalized spacial score (nSPS) is 21.8. The van der Waals surface area contributed by atoms with E-state index in [2.05, 4.69) is 23.2 Å². The van der Waals surface area contributed by atoms with Crippen LogP contribution in [0.1, 0.15) is 31.3 Å². The van der Waals surface area contributed by atoms with Gasteiger partial charge in [0, 0.05) is 12.6 Å². The Balaban J connectivity index is 1.71. The van der Waals surface area contributed by atoms with E-state index in [4.69, 9.17) is 4.42 Å². The molecule has 0 amide bonds. The molecule has 1 N–H and O–H groups in total. The second-order valence-electron chi connectivity index (χ2n) is 4.57. The quantitative estimate of drug-likeness (QED) is 0.827. The van der Waals surface area contributed by atoms with Gasteiger partial charge in [-0.25, -0.2) is 0 Å². The molecule has 0 aliphatic carbocycles. The second kappa shape index (κ2) is 5.51. The van der Waals surface area contributed by atoms with Crippen LogP contribution in [0.15, 0.2) is 16.5 Å². The van der Waals surface area contributed by atoms with Gasteiger partial charge in [0.1, 0.15) is 11.5 Å². The fourth-order valence-electron chi connectivity index (χ4n) is 2.48. The van der Waals surface area contributed by atoms with Crippen molar-refractivity contribution in [1.82, 2.24) is 10.2 Å². The first-order valence-corrected chi connectivity index (χ1v) is 6.29. The zero-order valence-electron chi connectivity index (χ0n) is 10.3. The highest BCUT2D eigenvalue weighted by Crippen LogP contribution is 2.15. The van der Waals surface area contributed by atoms with Crippen molar-refractivity contribution < 1.29 is 4.42 Å². The van der Waals surface area contributed by atoms with E-state index < -0.39 is 0 Å². The molecule has 3 heteroatoms. The van der Waals surface area contributed by atoms with E-state index in [-0.39, 0.29) is 0 Å². The van der Waals surface area contributed by atoms with Crippen molar-refractivity contribution in [1.29, 1.82) is 0 Å². The molecule has 1 aromatic heterocycles. The number of likely N-dealkylation sites (N-methyl/N-ethyl adjacent to an activating group) is 1. The van der Waals surface area contributed by atoms with Crippen LogP contribution < -0.4 is 5.32 Å². The maximum atomic E-state index is 5.53. The van der Waals surface area contributed by atoms with Crippen LogP contribution in [-0.2, 0) is 6.54 Å². The standard InChI is InChI=1S/C13H22N2O/c1-3-15-8-4-5-12(15)9-14-10-13-7-6-11(2)16-13/h6-7,12,14H,3-5,8-10H2,1-2H3/t12-/m1/s1. The summed E-state index contributed by atoms with van der Waals surface area (Å²) in [5, 5.41) is 3.49. The van der Waals surface area contributed by atoms with Gasteiger partial charge in [0.25, 0.3) is 0 Å².